The topological polar surface area (TPSA) is 97.1 Å². The van der Waals surface area contributed by atoms with Crippen LogP contribution in [-0.2, 0) is 0 Å². The largest absolute Gasteiger partial charge is 0.573 e. The molecule has 2 fully saturated rings. The van der Waals surface area contributed by atoms with Crippen LogP contribution in [0.15, 0.2) is 36.5 Å². The Hall–Kier alpha value is -3.14. The van der Waals surface area contributed by atoms with Crippen LogP contribution in [0, 0.1) is 0 Å². The molecule has 10 heteroatoms. The maximum absolute atomic E-state index is 12.9. The molecule has 1 amide bonds. The van der Waals surface area contributed by atoms with Gasteiger partial charge >= 0.3 is 6.36 Å². The SMILES string of the molecule is N[C@H]1CCC[C@@H](c2nc3nccc(C4CCN(C(=O)c5ccc(OC(F)(F)F)cc5)CC4)c3[nH]2)C1. The van der Waals surface area contributed by atoms with Crippen LogP contribution >= 0.6 is 0 Å². The van der Waals surface area contributed by atoms with E-state index >= 15 is 0 Å². The molecular weight excluding hydrogens is 459 g/mol. The van der Waals surface area contributed by atoms with E-state index in [1.54, 1.807) is 11.1 Å². The molecule has 1 aliphatic carbocycles. The van der Waals surface area contributed by atoms with Gasteiger partial charge in [-0.2, -0.15) is 0 Å². The summed E-state index contributed by atoms with van der Waals surface area (Å²) in [6, 6.07) is 7.30. The lowest BCUT2D eigenvalue weighted by atomic mass is 9.86. The zero-order valence-corrected chi connectivity index (χ0v) is 19.2. The summed E-state index contributed by atoms with van der Waals surface area (Å²) in [5, 5.41) is 0. The summed E-state index contributed by atoms with van der Waals surface area (Å²) in [5.74, 6) is 1.01. The summed E-state index contributed by atoms with van der Waals surface area (Å²) in [6.07, 6.45) is 2.76. The van der Waals surface area contributed by atoms with Gasteiger partial charge in [0.2, 0.25) is 0 Å². The molecule has 1 aromatic carbocycles. The van der Waals surface area contributed by atoms with Gasteiger partial charge in [-0.15, -0.1) is 13.2 Å². The van der Waals surface area contributed by atoms with Crippen LogP contribution in [0.1, 0.15) is 72.1 Å². The van der Waals surface area contributed by atoms with Gasteiger partial charge in [0.1, 0.15) is 11.6 Å². The Morgan fingerprint density at radius 3 is 2.49 bits per heavy atom. The number of alkyl halides is 3. The molecule has 3 heterocycles. The number of H-pyrrole nitrogens is 1. The molecule has 2 aromatic heterocycles. The average Bonchev–Trinajstić information content (AvgIpc) is 3.28. The Morgan fingerprint density at radius 1 is 1.06 bits per heavy atom. The lowest BCUT2D eigenvalue weighted by Crippen LogP contribution is -2.38. The Balaban J connectivity index is 1.25. The number of imidazole rings is 1. The maximum Gasteiger partial charge on any atom is 0.573 e. The van der Waals surface area contributed by atoms with Crippen LogP contribution in [-0.4, -0.2) is 51.3 Å². The lowest BCUT2D eigenvalue weighted by Gasteiger charge is -2.32. The van der Waals surface area contributed by atoms with E-state index in [0.717, 1.165) is 73.2 Å². The van der Waals surface area contributed by atoms with Crippen molar-refractivity contribution < 1.29 is 22.7 Å². The third-order valence-corrected chi connectivity index (χ3v) is 7.10. The molecule has 2 atom stereocenters. The van der Waals surface area contributed by atoms with Crippen molar-refractivity contribution in [2.45, 2.75) is 62.8 Å². The van der Waals surface area contributed by atoms with Crippen LogP contribution < -0.4 is 10.5 Å². The number of piperidine rings is 1. The van der Waals surface area contributed by atoms with E-state index in [9.17, 15) is 18.0 Å². The van der Waals surface area contributed by atoms with E-state index in [0.29, 0.717) is 24.6 Å². The molecule has 0 unspecified atom stereocenters. The number of aromatic nitrogens is 3. The minimum Gasteiger partial charge on any atom is -0.406 e. The van der Waals surface area contributed by atoms with Crippen molar-refractivity contribution in [2.75, 3.05) is 13.1 Å². The van der Waals surface area contributed by atoms with Crippen molar-refractivity contribution in [3.8, 4) is 5.75 Å². The Bertz CT molecular complexity index is 1190. The number of nitrogens with zero attached hydrogens (tertiary/aromatic N) is 3. The van der Waals surface area contributed by atoms with Gasteiger partial charge in [0.15, 0.2) is 5.65 Å². The normalized spacial score (nSPS) is 21.9. The molecule has 3 N–H and O–H groups in total. The number of aromatic amines is 1. The number of likely N-dealkylation sites (tertiary alicyclic amines) is 1. The molecule has 0 spiro atoms. The van der Waals surface area contributed by atoms with Crippen LogP contribution in [0.2, 0.25) is 0 Å². The number of rotatable bonds is 4. The van der Waals surface area contributed by atoms with E-state index < -0.39 is 6.36 Å². The van der Waals surface area contributed by atoms with Gasteiger partial charge in [-0.25, -0.2) is 9.97 Å². The first-order valence-electron chi connectivity index (χ1n) is 12.0. The number of carbonyl (C=O) groups excluding carboxylic acids is 1. The standard InChI is InChI=1S/C25H28F3N5O2/c26-25(27,28)35-19-6-4-16(5-7-19)24(34)33-12-9-15(10-13-33)20-8-11-30-23-21(20)31-22(32-23)17-2-1-3-18(29)14-17/h4-8,11,15,17-18H,1-3,9-10,12-14,29H2,(H,30,31,32)/t17-,18+/m1/s1. The van der Waals surface area contributed by atoms with E-state index in [1.165, 1.54) is 12.1 Å². The summed E-state index contributed by atoms with van der Waals surface area (Å²) in [5.41, 5.74) is 9.36. The Labute approximate surface area is 200 Å². The molecule has 1 saturated carbocycles. The maximum atomic E-state index is 12.9. The van der Waals surface area contributed by atoms with Crippen molar-refractivity contribution in [1.29, 1.82) is 0 Å². The summed E-state index contributed by atoms with van der Waals surface area (Å²) in [7, 11) is 0. The zero-order valence-electron chi connectivity index (χ0n) is 19.2. The summed E-state index contributed by atoms with van der Waals surface area (Å²) in [4.78, 5) is 27.4. The number of fused-ring (bicyclic) bond motifs is 1. The summed E-state index contributed by atoms with van der Waals surface area (Å²) < 4.78 is 41.0. The molecule has 3 aromatic rings. The smallest absolute Gasteiger partial charge is 0.406 e. The van der Waals surface area contributed by atoms with Gasteiger partial charge in [-0.3, -0.25) is 4.79 Å². The number of carbonyl (C=O) groups is 1. The number of benzene rings is 1. The van der Waals surface area contributed by atoms with Crippen molar-refractivity contribution in [3.63, 3.8) is 0 Å². The van der Waals surface area contributed by atoms with E-state index in [2.05, 4.69) is 14.7 Å². The van der Waals surface area contributed by atoms with Crippen molar-refractivity contribution in [3.05, 3.63) is 53.5 Å². The van der Waals surface area contributed by atoms with Gasteiger partial charge in [-0.05, 0) is 73.9 Å². The number of pyridine rings is 1. The van der Waals surface area contributed by atoms with Crippen LogP contribution in [0.5, 0.6) is 5.75 Å². The first-order chi connectivity index (χ1) is 16.8. The molecule has 0 radical (unpaired) electrons. The first kappa shape index (κ1) is 23.6. The highest BCUT2D eigenvalue weighted by molar-refractivity contribution is 5.94. The molecular formula is C25H28F3N5O2. The molecule has 1 aliphatic heterocycles. The second-order valence-corrected chi connectivity index (χ2v) is 9.48. The average molecular weight is 488 g/mol. The highest BCUT2D eigenvalue weighted by Gasteiger charge is 2.31. The number of ether oxygens (including phenoxy) is 1. The minimum atomic E-state index is -4.76. The summed E-state index contributed by atoms with van der Waals surface area (Å²) >= 11 is 0. The lowest BCUT2D eigenvalue weighted by molar-refractivity contribution is -0.274. The van der Waals surface area contributed by atoms with Gasteiger partial charge in [0, 0.05) is 36.8 Å². The fourth-order valence-corrected chi connectivity index (χ4v) is 5.33. The van der Waals surface area contributed by atoms with E-state index in [-0.39, 0.29) is 23.6 Å². The second kappa shape index (κ2) is 9.49. The number of amides is 1. The third-order valence-electron chi connectivity index (χ3n) is 7.10. The minimum absolute atomic E-state index is 0.195. The van der Waals surface area contributed by atoms with Crippen molar-refractivity contribution in [1.82, 2.24) is 19.9 Å². The van der Waals surface area contributed by atoms with Gasteiger partial charge in [-0.1, -0.05) is 6.42 Å². The number of hydrogen-bond acceptors (Lipinski definition) is 5. The zero-order chi connectivity index (χ0) is 24.6. The molecule has 0 bridgehead atoms. The van der Waals surface area contributed by atoms with Crippen LogP contribution in [0.4, 0.5) is 13.2 Å². The van der Waals surface area contributed by atoms with Crippen molar-refractivity contribution >= 4 is 17.1 Å². The van der Waals surface area contributed by atoms with Gasteiger partial charge in [0.25, 0.3) is 5.91 Å². The van der Waals surface area contributed by atoms with E-state index in [1.807, 2.05) is 6.07 Å². The number of nitrogens with two attached hydrogens (primary N) is 1. The third kappa shape index (κ3) is 5.27. The number of hydrogen-bond donors (Lipinski definition) is 2. The monoisotopic (exact) mass is 487 g/mol. The molecule has 35 heavy (non-hydrogen) atoms. The Morgan fingerprint density at radius 2 is 1.80 bits per heavy atom. The number of nitrogens with one attached hydrogen (secondary N) is 1. The predicted octanol–water partition coefficient (Wildman–Crippen LogP) is 4.86. The van der Waals surface area contributed by atoms with Crippen LogP contribution in [0.25, 0.3) is 11.2 Å². The molecule has 5 rings (SSSR count). The highest BCUT2D eigenvalue weighted by Crippen LogP contribution is 2.35. The fraction of sp³-hybridized carbons (Fsp3) is 0.480. The van der Waals surface area contributed by atoms with Crippen LogP contribution in [0.3, 0.4) is 0 Å². The van der Waals surface area contributed by atoms with Gasteiger partial charge in [0.05, 0.1) is 5.52 Å². The molecule has 2 aliphatic rings. The fourth-order valence-electron chi connectivity index (χ4n) is 5.33. The quantitative estimate of drug-likeness (QED) is 0.548. The molecule has 186 valence electrons. The number of halogens is 3. The second-order valence-electron chi connectivity index (χ2n) is 9.48. The van der Waals surface area contributed by atoms with E-state index in [4.69, 9.17) is 10.7 Å². The predicted molar refractivity (Wildman–Crippen MR) is 124 cm³/mol. The molecule has 1 saturated heterocycles. The Kier molecular flexibility index (Phi) is 6.39. The first-order valence-corrected chi connectivity index (χ1v) is 12.0. The highest BCUT2D eigenvalue weighted by atomic mass is 19.4. The summed E-state index contributed by atoms with van der Waals surface area (Å²) in [6.45, 7) is 1.12. The van der Waals surface area contributed by atoms with Crippen molar-refractivity contribution in [2.24, 2.45) is 5.73 Å². The molecule has 7 nitrogen and oxygen atoms in total. The van der Waals surface area contributed by atoms with Gasteiger partial charge < -0.3 is 20.4 Å².